The SMILES string of the molecule is CCN(CC)C(=O)CN(C)C(C)C(=O)Nc1ccccc1Sc1ccccc1. The van der Waals surface area contributed by atoms with Crippen molar-refractivity contribution in [2.24, 2.45) is 0 Å². The molecule has 2 amide bonds. The van der Waals surface area contributed by atoms with E-state index < -0.39 is 6.04 Å². The Morgan fingerprint density at radius 3 is 2.25 bits per heavy atom. The van der Waals surface area contributed by atoms with E-state index in [1.54, 1.807) is 28.6 Å². The fraction of sp³-hybridized carbons (Fsp3) is 0.364. The van der Waals surface area contributed by atoms with E-state index in [0.29, 0.717) is 13.1 Å². The number of para-hydroxylation sites is 1. The summed E-state index contributed by atoms with van der Waals surface area (Å²) in [5.74, 6) is -0.0943. The Hall–Kier alpha value is -2.31. The van der Waals surface area contributed by atoms with E-state index in [-0.39, 0.29) is 18.4 Å². The van der Waals surface area contributed by atoms with E-state index in [4.69, 9.17) is 0 Å². The van der Waals surface area contributed by atoms with E-state index in [1.165, 1.54) is 0 Å². The molecule has 0 heterocycles. The lowest BCUT2D eigenvalue weighted by atomic mass is 10.2. The minimum Gasteiger partial charge on any atom is -0.342 e. The van der Waals surface area contributed by atoms with Gasteiger partial charge in [-0.3, -0.25) is 14.5 Å². The highest BCUT2D eigenvalue weighted by Crippen LogP contribution is 2.33. The number of anilines is 1. The molecule has 0 spiro atoms. The number of rotatable bonds is 9. The zero-order valence-corrected chi connectivity index (χ0v) is 17.8. The summed E-state index contributed by atoms with van der Waals surface area (Å²) < 4.78 is 0. The molecule has 0 aliphatic rings. The molecule has 1 atom stereocenters. The van der Waals surface area contributed by atoms with E-state index in [1.807, 2.05) is 75.4 Å². The Bertz CT molecular complexity index is 778. The van der Waals surface area contributed by atoms with Crippen LogP contribution in [0.15, 0.2) is 64.4 Å². The number of carbonyl (C=O) groups is 2. The number of benzene rings is 2. The van der Waals surface area contributed by atoms with Gasteiger partial charge in [-0.05, 0) is 52.1 Å². The first-order valence-electron chi connectivity index (χ1n) is 9.57. The van der Waals surface area contributed by atoms with Crippen molar-refractivity contribution >= 4 is 29.3 Å². The maximum absolute atomic E-state index is 12.8. The van der Waals surface area contributed by atoms with Gasteiger partial charge in [-0.2, -0.15) is 0 Å². The molecule has 5 nitrogen and oxygen atoms in total. The summed E-state index contributed by atoms with van der Waals surface area (Å²) in [6, 6.07) is 17.4. The minimum absolute atomic E-state index is 0.0344. The summed E-state index contributed by atoms with van der Waals surface area (Å²) in [5.41, 5.74) is 0.775. The van der Waals surface area contributed by atoms with Crippen molar-refractivity contribution < 1.29 is 9.59 Å². The van der Waals surface area contributed by atoms with Gasteiger partial charge in [0.2, 0.25) is 11.8 Å². The molecule has 0 fully saturated rings. The second-order valence-electron chi connectivity index (χ2n) is 6.56. The van der Waals surface area contributed by atoms with Crippen molar-refractivity contribution in [3.05, 3.63) is 54.6 Å². The molecule has 0 saturated carbocycles. The van der Waals surface area contributed by atoms with Crippen molar-refractivity contribution in [2.75, 3.05) is 32.0 Å². The van der Waals surface area contributed by atoms with Crippen LogP contribution in [-0.2, 0) is 9.59 Å². The van der Waals surface area contributed by atoms with Crippen LogP contribution in [0.4, 0.5) is 5.69 Å². The number of hydrogen-bond donors (Lipinski definition) is 1. The molecule has 6 heteroatoms. The summed E-state index contributed by atoms with van der Waals surface area (Å²) >= 11 is 1.61. The second kappa shape index (κ2) is 10.9. The smallest absolute Gasteiger partial charge is 0.241 e. The van der Waals surface area contributed by atoms with E-state index in [2.05, 4.69) is 5.32 Å². The van der Waals surface area contributed by atoms with Crippen molar-refractivity contribution in [1.29, 1.82) is 0 Å². The van der Waals surface area contributed by atoms with Crippen LogP contribution in [0.25, 0.3) is 0 Å². The maximum Gasteiger partial charge on any atom is 0.241 e. The molecule has 1 unspecified atom stereocenters. The first-order valence-corrected chi connectivity index (χ1v) is 10.4. The van der Waals surface area contributed by atoms with Crippen LogP contribution in [-0.4, -0.2) is 54.3 Å². The summed E-state index contributed by atoms with van der Waals surface area (Å²) in [5, 5.41) is 3.02. The van der Waals surface area contributed by atoms with Crippen LogP contribution in [0.5, 0.6) is 0 Å². The predicted octanol–water partition coefficient (Wildman–Crippen LogP) is 3.97. The molecule has 0 bridgehead atoms. The molecule has 28 heavy (non-hydrogen) atoms. The van der Waals surface area contributed by atoms with Gasteiger partial charge in [0.15, 0.2) is 0 Å². The summed E-state index contributed by atoms with van der Waals surface area (Å²) in [6.45, 7) is 7.30. The molecule has 1 N–H and O–H groups in total. The molecule has 2 aromatic rings. The second-order valence-corrected chi connectivity index (χ2v) is 7.67. The Labute approximate surface area is 172 Å². The van der Waals surface area contributed by atoms with Gasteiger partial charge in [-0.25, -0.2) is 0 Å². The monoisotopic (exact) mass is 399 g/mol. The molecule has 0 aliphatic carbocycles. The van der Waals surface area contributed by atoms with Crippen molar-refractivity contribution in [3.8, 4) is 0 Å². The zero-order valence-electron chi connectivity index (χ0n) is 17.0. The fourth-order valence-corrected chi connectivity index (χ4v) is 3.66. The van der Waals surface area contributed by atoms with Gasteiger partial charge in [0, 0.05) is 22.9 Å². The van der Waals surface area contributed by atoms with Crippen LogP contribution < -0.4 is 5.32 Å². The van der Waals surface area contributed by atoms with Gasteiger partial charge in [-0.1, -0.05) is 42.1 Å². The highest BCUT2D eigenvalue weighted by Gasteiger charge is 2.22. The van der Waals surface area contributed by atoms with Gasteiger partial charge < -0.3 is 10.2 Å². The average Bonchev–Trinajstić information content (AvgIpc) is 2.70. The molecular formula is C22H29N3O2S. The van der Waals surface area contributed by atoms with E-state index in [0.717, 1.165) is 15.5 Å². The van der Waals surface area contributed by atoms with Crippen LogP contribution in [0.1, 0.15) is 20.8 Å². The third-order valence-electron chi connectivity index (χ3n) is 4.66. The Morgan fingerprint density at radius 2 is 1.61 bits per heavy atom. The molecule has 2 rings (SSSR count). The Kier molecular flexibility index (Phi) is 8.54. The molecule has 0 radical (unpaired) electrons. The predicted molar refractivity (Wildman–Crippen MR) is 116 cm³/mol. The quantitative estimate of drug-likeness (QED) is 0.693. The molecule has 0 aliphatic heterocycles. The molecule has 0 saturated heterocycles. The molecule has 2 aromatic carbocycles. The number of carbonyl (C=O) groups excluding carboxylic acids is 2. The van der Waals surface area contributed by atoms with Crippen LogP contribution in [0.3, 0.4) is 0 Å². The van der Waals surface area contributed by atoms with Gasteiger partial charge in [0.1, 0.15) is 0 Å². The first-order chi connectivity index (χ1) is 13.5. The summed E-state index contributed by atoms with van der Waals surface area (Å²) in [4.78, 5) is 30.7. The highest BCUT2D eigenvalue weighted by molar-refractivity contribution is 7.99. The highest BCUT2D eigenvalue weighted by atomic mass is 32.2. The standard InChI is InChI=1S/C22H29N3O2S/c1-5-25(6-2)21(26)16-24(4)17(3)22(27)23-19-14-10-11-15-20(19)28-18-12-8-7-9-13-18/h7-15,17H,5-6,16H2,1-4H3,(H,23,27). The number of nitrogens with zero attached hydrogens (tertiary/aromatic N) is 2. The minimum atomic E-state index is -0.422. The van der Waals surface area contributed by atoms with Gasteiger partial charge in [0.05, 0.1) is 18.3 Å². The molecule has 0 aromatic heterocycles. The Balaban J connectivity index is 2.03. The first kappa shape index (κ1) is 22.0. The largest absolute Gasteiger partial charge is 0.342 e. The number of nitrogens with one attached hydrogen (secondary N) is 1. The molecule has 150 valence electrons. The topological polar surface area (TPSA) is 52.7 Å². The zero-order chi connectivity index (χ0) is 20.5. The lowest BCUT2D eigenvalue weighted by Crippen LogP contribution is -2.46. The fourth-order valence-electron chi connectivity index (χ4n) is 2.74. The third-order valence-corrected chi connectivity index (χ3v) is 5.74. The summed E-state index contributed by atoms with van der Waals surface area (Å²) in [6.07, 6.45) is 0. The Morgan fingerprint density at radius 1 is 1.00 bits per heavy atom. The van der Waals surface area contributed by atoms with Crippen molar-refractivity contribution in [1.82, 2.24) is 9.80 Å². The average molecular weight is 400 g/mol. The van der Waals surface area contributed by atoms with Crippen LogP contribution >= 0.6 is 11.8 Å². The van der Waals surface area contributed by atoms with Gasteiger partial charge in [-0.15, -0.1) is 0 Å². The lowest BCUT2D eigenvalue weighted by Gasteiger charge is -2.27. The van der Waals surface area contributed by atoms with Crippen LogP contribution in [0, 0.1) is 0 Å². The van der Waals surface area contributed by atoms with E-state index in [9.17, 15) is 9.59 Å². The van der Waals surface area contributed by atoms with Crippen LogP contribution in [0.2, 0.25) is 0 Å². The van der Waals surface area contributed by atoms with Crippen molar-refractivity contribution in [2.45, 2.75) is 36.6 Å². The van der Waals surface area contributed by atoms with Crippen molar-refractivity contribution in [3.63, 3.8) is 0 Å². The van der Waals surface area contributed by atoms with Gasteiger partial charge >= 0.3 is 0 Å². The van der Waals surface area contributed by atoms with Gasteiger partial charge in [0.25, 0.3) is 0 Å². The summed E-state index contributed by atoms with van der Waals surface area (Å²) in [7, 11) is 1.80. The number of amides is 2. The third kappa shape index (κ3) is 6.11. The number of likely N-dealkylation sites (N-methyl/N-ethyl adjacent to an activating group) is 2. The normalized spacial score (nSPS) is 11.9. The lowest BCUT2D eigenvalue weighted by molar-refractivity contribution is -0.133. The maximum atomic E-state index is 12.8. The number of hydrogen-bond acceptors (Lipinski definition) is 4. The van der Waals surface area contributed by atoms with E-state index >= 15 is 0 Å². The molecular weight excluding hydrogens is 370 g/mol.